The number of quaternary nitrogens is 1. The summed E-state index contributed by atoms with van der Waals surface area (Å²) in [6, 6.07) is 17.1. The highest BCUT2D eigenvalue weighted by molar-refractivity contribution is 5.49. The van der Waals surface area contributed by atoms with Crippen LogP contribution in [-0.2, 0) is 5.60 Å². The second-order valence-electron chi connectivity index (χ2n) is 9.67. The van der Waals surface area contributed by atoms with Gasteiger partial charge < -0.3 is 36.0 Å². The molecule has 0 spiro atoms. The summed E-state index contributed by atoms with van der Waals surface area (Å²) in [4.78, 5) is 0. The Morgan fingerprint density at radius 3 is 1.77 bits per heavy atom. The first-order valence-electron chi connectivity index (χ1n) is 11.2. The first-order valence-corrected chi connectivity index (χ1v) is 11.2. The molecular formula is C26H36BrNO3. The van der Waals surface area contributed by atoms with Gasteiger partial charge in [0, 0.05) is 24.0 Å². The molecule has 4 nitrogen and oxygen atoms in total. The van der Waals surface area contributed by atoms with E-state index < -0.39 is 5.60 Å². The molecular weight excluding hydrogens is 454 g/mol. The van der Waals surface area contributed by atoms with Gasteiger partial charge in [0.05, 0.1) is 40.4 Å². The molecule has 2 aromatic carbocycles. The van der Waals surface area contributed by atoms with Crippen LogP contribution in [0.2, 0.25) is 0 Å². The Hall–Kier alpha value is -1.56. The number of para-hydroxylation sites is 2. The third kappa shape index (κ3) is 4.37. The van der Waals surface area contributed by atoms with Crippen LogP contribution < -0.4 is 26.5 Å². The molecule has 2 aromatic rings. The predicted molar refractivity (Wildman–Crippen MR) is 120 cm³/mol. The standard InChI is InChI=1S/C26H36NO3.BrH/c1-27(2)20-10-9-11-21(27)17-19(16-20)18-26(28,22-12-5-7-14-24(22)29-3)23-13-6-8-15-25(23)30-4;/h5-8,12-15,19-21,28H,9-11,16-18H2,1-4H3;1H/q+1;/p-1/t19-,20+,21-;. The molecule has 4 rings (SSSR count). The number of rotatable bonds is 6. The third-order valence-electron chi connectivity index (χ3n) is 7.86. The number of hydrogen-bond donors (Lipinski definition) is 1. The van der Waals surface area contributed by atoms with Crippen molar-refractivity contribution in [2.24, 2.45) is 5.92 Å². The molecule has 2 aliphatic heterocycles. The minimum absolute atomic E-state index is 0. The van der Waals surface area contributed by atoms with Crippen LogP contribution >= 0.6 is 0 Å². The number of fused-ring (bicyclic) bond motifs is 2. The van der Waals surface area contributed by atoms with E-state index in [-0.39, 0.29) is 17.0 Å². The van der Waals surface area contributed by atoms with Crippen molar-refractivity contribution in [3.8, 4) is 11.5 Å². The Morgan fingerprint density at radius 2 is 1.32 bits per heavy atom. The Kier molecular flexibility index (Phi) is 7.39. The Bertz CT molecular complexity index is 821. The van der Waals surface area contributed by atoms with Crippen molar-refractivity contribution < 1.29 is 36.0 Å². The van der Waals surface area contributed by atoms with Gasteiger partial charge in [-0.15, -0.1) is 0 Å². The molecule has 3 atom stereocenters. The van der Waals surface area contributed by atoms with E-state index in [0.29, 0.717) is 24.4 Å². The van der Waals surface area contributed by atoms with Crippen molar-refractivity contribution in [2.45, 2.75) is 56.2 Å². The molecule has 170 valence electrons. The highest BCUT2D eigenvalue weighted by atomic mass is 79.9. The number of methoxy groups -OCH3 is 2. The van der Waals surface area contributed by atoms with Gasteiger partial charge in [0.15, 0.2) is 0 Å². The van der Waals surface area contributed by atoms with Crippen LogP contribution in [0.1, 0.15) is 49.7 Å². The number of benzene rings is 2. The summed E-state index contributed by atoms with van der Waals surface area (Å²) in [5, 5.41) is 12.4. The largest absolute Gasteiger partial charge is 1.00 e. The predicted octanol–water partition coefficient (Wildman–Crippen LogP) is 1.74. The summed E-state index contributed by atoms with van der Waals surface area (Å²) in [6.45, 7) is 0. The highest BCUT2D eigenvalue weighted by Crippen LogP contribution is 2.49. The van der Waals surface area contributed by atoms with Crippen molar-refractivity contribution in [1.29, 1.82) is 0 Å². The molecule has 31 heavy (non-hydrogen) atoms. The summed E-state index contributed by atoms with van der Waals surface area (Å²) in [6.07, 6.45) is 6.93. The zero-order valence-electron chi connectivity index (χ0n) is 19.2. The van der Waals surface area contributed by atoms with Gasteiger partial charge in [-0.05, 0) is 43.7 Å². The number of piperidine rings is 2. The van der Waals surface area contributed by atoms with Crippen LogP contribution in [0, 0.1) is 5.92 Å². The fraction of sp³-hybridized carbons (Fsp3) is 0.538. The van der Waals surface area contributed by atoms with Crippen molar-refractivity contribution in [2.75, 3.05) is 28.3 Å². The second-order valence-corrected chi connectivity index (χ2v) is 9.67. The average molecular weight is 490 g/mol. The number of aliphatic hydroxyl groups is 1. The van der Waals surface area contributed by atoms with E-state index in [4.69, 9.17) is 9.47 Å². The van der Waals surface area contributed by atoms with Crippen molar-refractivity contribution in [1.82, 2.24) is 0 Å². The first kappa shape index (κ1) is 24.1. The van der Waals surface area contributed by atoms with Gasteiger partial charge >= 0.3 is 0 Å². The molecule has 0 aromatic heterocycles. The first-order chi connectivity index (χ1) is 14.4. The molecule has 2 saturated heterocycles. The quantitative estimate of drug-likeness (QED) is 0.628. The normalized spacial score (nSPS) is 24.7. The number of hydrogen-bond acceptors (Lipinski definition) is 3. The zero-order chi connectivity index (χ0) is 21.4. The lowest BCUT2D eigenvalue weighted by Crippen LogP contribution is -3.00. The summed E-state index contributed by atoms with van der Waals surface area (Å²) < 4.78 is 12.5. The topological polar surface area (TPSA) is 38.7 Å². The Balaban J connectivity index is 0.00000272. The SMILES string of the molecule is COc1ccccc1C(O)(C[C@H]1C[C@H]2CCC[C@@H](C1)[N+]2(C)C)c1ccccc1OC.[Br-]. The van der Waals surface area contributed by atoms with E-state index in [9.17, 15) is 5.11 Å². The molecule has 0 saturated carbocycles. The molecule has 5 heteroatoms. The maximum atomic E-state index is 12.4. The molecule has 1 N–H and O–H groups in total. The van der Waals surface area contributed by atoms with Crippen molar-refractivity contribution in [3.63, 3.8) is 0 Å². The Labute approximate surface area is 197 Å². The molecule has 0 radical (unpaired) electrons. The van der Waals surface area contributed by atoms with Gasteiger partial charge in [0.1, 0.15) is 17.1 Å². The molecule has 2 fully saturated rings. The molecule has 2 bridgehead atoms. The fourth-order valence-corrected chi connectivity index (χ4v) is 6.12. The summed E-state index contributed by atoms with van der Waals surface area (Å²) in [7, 11) is 8.15. The minimum Gasteiger partial charge on any atom is -1.00 e. The van der Waals surface area contributed by atoms with Gasteiger partial charge in [0.25, 0.3) is 0 Å². The van der Waals surface area contributed by atoms with Crippen LogP contribution in [-0.4, -0.2) is 50.0 Å². The summed E-state index contributed by atoms with van der Waals surface area (Å²) >= 11 is 0. The highest BCUT2D eigenvalue weighted by Gasteiger charge is 2.49. The monoisotopic (exact) mass is 489 g/mol. The third-order valence-corrected chi connectivity index (χ3v) is 7.86. The van der Waals surface area contributed by atoms with E-state index in [2.05, 4.69) is 14.1 Å². The fourth-order valence-electron chi connectivity index (χ4n) is 6.12. The van der Waals surface area contributed by atoms with Crippen molar-refractivity contribution >= 4 is 0 Å². The second kappa shape index (κ2) is 9.51. The van der Waals surface area contributed by atoms with Crippen LogP contribution in [0.15, 0.2) is 48.5 Å². The van der Waals surface area contributed by atoms with Crippen molar-refractivity contribution in [3.05, 3.63) is 59.7 Å². The van der Waals surface area contributed by atoms with Gasteiger partial charge in [-0.3, -0.25) is 0 Å². The van der Waals surface area contributed by atoms with Crippen LogP contribution in [0.5, 0.6) is 11.5 Å². The lowest BCUT2D eigenvalue weighted by atomic mass is 9.70. The van der Waals surface area contributed by atoms with Gasteiger partial charge in [-0.1, -0.05) is 36.4 Å². The minimum atomic E-state index is -1.16. The van der Waals surface area contributed by atoms with Gasteiger partial charge in [-0.2, -0.15) is 0 Å². The molecule has 2 aliphatic rings. The van der Waals surface area contributed by atoms with Gasteiger partial charge in [-0.25, -0.2) is 0 Å². The van der Waals surface area contributed by atoms with E-state index >= 15 is 0 Å². The Morgan fingerprint density at radius 1 is 0.871 bits per heavy atom. The maximum Gasteiger partial charge on any atom is 0.125 e. The number of halogens is 1. The van der Waals surface area contributed by atoms with E-state index in [1.807, 2.05) is 48.5 Å². The molecule has 0 amide bonds. The molecule has 0 unspecified atom stereocenters. The van der Waals surface area contributed by atoms with Crippen LogP contribution in [0.4, 0.5) is 0 Å². The maximum absolute atomic E-state index is 12.4. The van der Waals surface area contributed by atoms with E-state index in [0.717, 1.165) is 40.0 Å². The summed E-state index contributed by atoms with van der Waals surface area (Å²) in [5.74, 6) is 1.90. The van der Waals surface area contributed by atoms with Crippen LogP contribution in [0.25, 0.3) is 0 Å². The lowest BCUT2D eigenvalue weighted by molar-refractivity contribution is -0.950. The summed E-state index contributed by atoms with van der Waals surface area (Å²) in [5.41, 5.74) is 0.482. The lowest BCUT2D eigenvalue weighted by Gasteiger charge is -2.54. The molecule has 0 aliphatic carbocycles. The molecule has 2 heterocycles. The van der Waals surface area contributed by atoms with E-state index in [1.54, 1.807) is 14.2 Å². The smallest absolute Gasteiger partial charge is 0.125 e. The van der Waals surface area contributed by atoms with Crippen LogP contribution in [0.3, 0.4) is 0 Å². The number of ether oxygens (including phenoxy) is 2. The zero-order valence-corrected chi connectivity index (χ0v) is 20.8. The average Bonchev–Trinajstić information content (AvgIpc) is 2.74. The van der Waals surface area contributed by atoms with E-state index in [1.165, 1.54) is 19.3 Å². The van der Waals surface area contributed by atoms with Gasteiger partial charge in [0.2, 0.25) is 0 Å². The number of nitrogens with zero attached hydrogens (tertiary/aromatic N) is 1.